The predicted octanol–water partition coefficient (Wildman–Crippen LogP) is 4.71. The van der Waals surface area contributed by atoms with Crippen LogP contribution in [0.25, 0.3) is 0 Å². The predicted molar refractivity (Wildman–Crippen MR) is 101 cm³/mol. The van der Waals surface area contributed by atoms with Gasteiger partial charge in [-0.15, -0.1) is 11.8 Å². The summed E-state index contributed by atoms with van der Waals surface area (Å²) in [6.07, 6.45) is 0.762. The van der Waals surface area contributed by atoms with Gasteiger partial charge in [-0.3, -0.25) is 4.79 Å². The minimum Gasteiger partial charge on any atom is -0.491 e. The molecule has 0 unspecified atom stereocenters. The van der Waals surface area contributed by atoms with Gasteiger partial charge in [0.1, 0.15) is 12.4 Å². The van der Waals surface area contributed by atoms with Crippen LogP contribution in [0.2, 0.25) is 5.02 Å². The Morgan fingerprint density at radius 3 is 2.58 bits per heavy atom. The summed E-state index contributed by atoms with van der Waals surface area (Å²) < 4.78 is 5.70. The third-order valence-corrected chi connectivity index (χ3v) is 5.14. The molecule has 24 heavy (non-hydrogen) atoms. The highest BCUT2D eigenvalue weighted by atomic mass is 35.5. The SMILES string of the molecule is CC[C@H](Sc1ccc(Cl)cc1)C(=O)NCCOc1ccccc1C. The van der Waals surface area contributed by atoms with Crippen LogP contribution in [0.15, 0.2) is 53.4 Å². The quantitative estimate of drug-likeness (QED) is 0.545. The molecule has 0 aliphatic rings. The third kappa shape index (κ3) is 5.77. The molecule has 1 amide bonds. The number of hydrogen-bond acceptors (Lipinski definition) is 3. The van der Waals surface area contributed by atoms with Gasteiger partial charge in [0, 0.05) is 9.92 Å². The number of benzene rings is 2. The van der Waals surface area contributed by atoms with E-state index >= 15 is 0 Å². The van der Waals surface area contributed by atoms with Crippen LogP contribution in [0.4, 0.5) is 0 Å². The highest BCUT2D eigenvalue weighted by Crippen LogP contribution is 2.26. The molecular formula is C19H22ClNO2S. The number of rotatable bonds is 8. The van der Waals surface area contributed by atoms with Gasteiger partial charge in [-0.2, -0.15) is 0 Å². The Hall–Kier alpha value is -1.65. The average molecular weight is 364 g/mol. The zero-order valence-corrected chi connectivity index (χ0v) is 15.5. The van der Waals surface area contributed by atoms with Crippen molar-refractivity contribution in [2.45, 2.75) is 30.4 Å². The van der Waals surface area contributed by atoms with Crippen LogP contribution >= 0.6 is 23.4 Å². The second-order valence-corrected chi connectivity index (χ2v) is 7.09. The van der Waals surface area contributed by atoms with E-state index in [2.05, 4.69) is 5.32 Å². The van der Waals surface area contributed by atoms with Crippen molar-refractivity contribution in [1.82, 2.24) is 5.32 Å². The van der Waals surface area contributed by atoms with Crippen molar-refractivity contribution < 1.29 is 9.53 Å². The molecule has 1 atom stereocenters. The Morgan fingerprint density at radius 1 is 1.21 bits per heavy atom. The fourth-order valence-electron chi connectivity index (χ4n) is 2.17. The number of thioether (sulfide) groups is 1. The van der Waals surface area contributed by atoms with Gasteiger partial charge in [-0.1, -0.05) is 36.7 Å². The lowest BCUT2D eigenvalue weighted by Crippen LogP contribution is -2.35. The fourth-order valence-corrected chi connectivity index (χ4v) is 3.27. The maximum absolute atomic E-state index is 12.3. The molecule has 3 nitrogen and oxygen atoms in total. The molecule has 128 valence electrons. The van der Waals surface area contributed by atoms with Crippen LogP contribution < -0.4 is 10.1 Å². The molecule has 2 aromatic rings. The van der Waals surface area contributed by atoms with Gasteiger partial charge < -0.3 is 10.1 Å². The molecule has 2 aromatic carbocycles. The summed E-state index contributed by atoms with van der Waals surface area (Å²) in [5.41, 5.74) is 1.09. The monoisotopic (exact) mass is 363 g/mol. The first-order chi connectivity index (χ1) is 11.6. The average Bonchev–Trinajstić information content (AvgIpc) is 2.59. The Morgan fingerprint density at radius 2 is 1.92 bits per heavy atom. The first-order valence-corrected chi connectivity index (χ1v) is 9.24. The summed E-state index contributed by atoms with van der Waals surface area (Å²) >= 11 is 7.44. The van der Waals surface area contributed by atoms with Crippen molar-refractivity contribution in [1.29, 1.82) is 0 Å². The summed E-state index contributed by atoms with van der Waals surface area (Å²) in [6.45, 7) is 4.96. The molecule has 0 heterocycles. The van der Waals surface area contributed by atoms with Gasteiger partial charge in [0.2, 0.25) is 5.91 Å². The summed E-state index contributed by atoms with van der Waals surface area (Å²) in [4.78, 5) is 13.3. The van der Waals surface area contributed by atoms with E-state index in [0.29, 0.717) is 18.2 Å². The molecule has 0 aromatic heterocycles. The van der Waals surface area contributed by atoms with Crippen LogP contribution in [-0.4, -0.2) is 24.3 Å². The number of halogens is 1. The second-order valence-electron chi connectivity index (χ2n) is 5.37. The first kappa shape index (κ1) is 18.7. The van der Waals surface area contributed by atoms with Crippen LogP contribution in [0.5, 0.6) is 5.75 Å². The van der Waals surface area contributed by atoms with Gasteiger partial charge >= 0.3 is 0 Å². The molecule has 2 rings (SSSR count). The molecule has 0 aliphatic heterocycles. The first-order valence-electron chi connectivity index (χ1n) is 7.98. The Kier molecular flexibility index (Phi) is 7.47. The van der Waals surface area contributed by atoms with Gasteiger partial charge in [0.05, 0.1) is 11.8 Å². The van der Waals surface area contributed by atoms with E-state index in [0.717, 1.165) is 22.6 Å². The Bertz CT molecular complexity index is 661. The third-order valence-electron chi connectivity index (χ3n) is 3.51. The minimum atomic E-state index is -0.121. The number of nitrogens with one attached hydrogen (secondary N) is 1. The molecule has 0 aliphatic carbocycles. The van der Waals surface area contributed by atoms with Crippen LogP contribution in [0.1, 0.15) is 18.9 Å². The molecule has 0 saturated carbocycles. The van der Waals surface area contributed by atoms with E-state index in [9.17, 15) is 4.79 Å². The summed E-state index contributed by atoms with van der Waals surface area (Å²) in [5.74, 6) is 0.889. The van der Waals surface area contributed by atoms with E-state index in [1.807, 2.05) is 62.4 Å². The summed E-state index contributed by atoms with van der Waals surface area (Å²) in [7, 11) is 0. The number of para-hydroxylation sites is 1. The smallest absolute Gasteiger partial charge is 0.233 e. The lowest BCUT2D eigenvalue weighted by atomic mass is 10.2. The van der Waals surface area contributed by atoms with Crippen molar-refractivity contribution in [3.8, 4) is 5.75 Å². The zero-order chi connectivity index (χ0) is 17.4. The molecule has 0 bridgehead atoms. The number of carbonyl (C=O) groups excluding carboxylic acids is 1. The van der Waals surface area contributed by atoms with Gasteiger partial charge in [0.25, 0.3) is 0 Å². The van der Waals surface area contributed by atoms with E-state index in [4.69, 9.17) is 16.3 Å². The van der Waals surface area contributed by atoms with E-state index in [1.165, 1.54) is 0 Å². The number of carbonyl (C=O) groups is 1. The van der Waals surface area contributed by atoms with Crippen LogP contribution in [0, 0.1) is 6.92 Å². The number of ether oxygens (including phenoxy) is 1. The highest BCUT2D eigenvalue weighted by molar-refractivity contribution is 8.00. The van der Waals surface area contributed by atoms with Crippen molar-refractivity contribution in [2.24, 2.45) is 0 Å². The van der Waals surface area contributed by atoms with Crippen LogP contribution in [-0.2, 0) is 4.79 Å². The topological polar surface area (TPSA) is 38.3 Å². The molecule has 0 spiro atoms. The van der Waals surface area contributed by atoms with E-state index in [1.54, 1.807) is 11.8 Å². The Balaban J connectivity index is 1.77. The largest absolute Gasteiger partial charge is 0.491 e. The molecule has 5 heteroatoms. The zero-order valence-electron chi connectivity index (χ0n) is 13.9. The maximum Gasteiger partial charge on any atom is 0.233 e. The lowest BCUT2D eigenvalue weighted by Gasteiger charge is -2.15. The molecule has 0 fully saturated rings. The highest BCUT2D eigenvalue weighted by Gasteiger charge is 2.17. The van der Waals surface area contributed by atoms with Crippen molar-refractivity contribution >= 4 is 29.3 Å². The lowest BCUT2D eigenvalue weighted by molar-refractivity contribution is -0.120. The van der Waals surface area contributed by atoms with Gasteiger partial charge in [-0.05, 0) is 49.2 Å². The van der Waals surface area contributed by atoms with Gasteiger partial charge in [0.15, 0.2) is 0 Å². The summed E-state index contributed by atoms with van der Waals surface area (Å²) in [6, 6.07) is 15.4. The molecular weight excluding hydrogens is 342 g/mol. The molecule has 0 radical (unpaired) electrons. The van der Waals surface area contributed by atoms with Gasteiger partial charge in [-0.25, -0.2) is 0 Å². The minimum absolute atomic E-state index is 0.0332. The Labute approximate surface area is 152 Å². The molecule has 1 N–H and O–H groups in total. The van der Waals surface area contributed by atoms with Crippen molar-refractivity contribution in [3.63, 3.8) is 0 Å². The number of amides is 1. The number of aryl methyl sites for hydroxylation is 1. The second kappa shape index (κ2) is 9.60. The van der Waals surface area contributed by atoms with Crippen LogP contribution in [0.3, 0.4) is 0 Å². The maximum atomic E-state index is 12.3. The van der Waals surface area contributed by atoms with E-state index < -0.39 is 0 Å². The molecule has 0 saturated heterocycles. The standard InChI is InChI=1S/C19H22ClNO2S/c1-3-18(24-16-10-8-15(20)9-11-16)19(22)21-12-13-23-17-7-5-4-6-14(17)2/h4-11,18H,3,12-13H2,1-2H3,(H,21,22)/t18-/m0/s1. The number of hydrogen-bond donors (Lipinski definition) is 1. The van der Waals surface area contributed by atoms with Crippen molar-refractivity contribution in [3.05, 3.63) is 59.1 Å². The summed E-state index contributed by atoms with van der Waals surface area (Å²) in [5, 5.41) is 3.52. The normalized spacial score (nSPS) is 11.8. The fraction of sp³-hybridized carbons (Fsp3) is 0.316. The van der Waals surface area contributed by atoms with E-state index in [-0.39, 0.29) is 11.2 Å². The van der Waals surface area contributed by atoms with Crippen molar-refractivity contribution in [2.75, 3.05) is 13.2 Å².